The molecule has 0 aliphatic carbocycles. The van der Waals surface area contributed by atoms with Gasteiger partial charge in [-0.3, -0.25) is 5.84 Å². The molecule has 4 heteroatoms. The van der Waals surface area contributed by atoms with E-state index in [1.165, 1.54) is 0 Å². The second-order valence-electron chi connectivity index (χ2n) is 2.19. The number of hydrazine groups is 1. The van der Waals surface area contributed by atoms with E-state index >= 15 is 0 Å². The van der Waals surface area contributed by atoms with Gasteiger partial charge in [0, 0.05) is 11.0 Å². The smallest absolute Gasteiger partial charge is 0.0527 e. The summed E-state index contributed by atoms with van der Waals surface area (Å²) in [5.41, 5.74) is 10.9. The molecule has 1 rings (SSSR count). The summed E-state index contributed by atoms with van der Waals surface area (Å²) in [4.78, 5) is 0. The van der Waals surface area contributed by atoms with Gasteiger partial charge < -0.3 is 11.2 Å². The third kappa shape index (κ3) is 1.85. The molecule has 0 radical (unpaired) electrons. The molecular formula is C7H10BrN3. The number of nitrogen functional groups attached to an aromatic ring is 2. The van der Waals surface area contributed by atoms with Crippen LogP contribution in [0.1, 0.15) is 5.56 Å². The van der Waals surface area contributed by atoms with Crippen molar-refractivity contribution in [2.24, 2.45) is 5.84 Å². The fourth-order valence-corrected chi connectivity index (χ4v) is 1.33. The minimum absolute atomic E-state index is 0.748. The van der Waals surface area contributed by atoms with Crippen LogP contribution >= 0.6 is 15.9 Å². The standard InChI is InChI=1S/C7H10BrN3/c8-4-5-3-6(9)1-2-7(5)11-10/h1-3,11H,4,9-10H2. The van der Waals surface area contributed by atoms with Crippen molar-refractivity contribution in [1.29, 1.82) is 0 Å². The second kappa shape index (κ2) is 3.59. The van der Waals surface area contributed by atoms with Crippen LogP contribution in [0.25, 0.3) is 0 Å². The van der Waals surface area contributed by atoms with E-state index in [2.05, 4.69) is 21.4 Å². The molecule has 3 nitrogen and oxygen atoms in total. The zero-order valence-electron chi connectivity index (χ0n) is 5.97. The first-order valence-corrected chi connectivity index (χ1v) is 4.31. The largest absolute Gasteiger partial charge is 0.399 e. The zero-order valence-corrected chi connectivity index (χ0v) is 7.56. The number of alkyl halides is 1. The molecule has 0 saturated heterocycles. The second-order valence-corrected chi connectivity index (χ2v) is 2.76. The molecule has 11 heavy (non-hydrogen) atoms. The first-order valence-electron chi connectivity index (χ1n) is 3.19. The molecule has 0 heterocycles. The van der Waals surface area contributed by atoms with Crippen LogP contribution in [-0.2, 0) is 5.33 Å². The Morgan fingerprint density at radius 2 is 2.18 bits per heavy atom. The van der Waals surface area contributed by atoms with Crippen LogP contribution in [0.4, 0.5) is 11.4 Å². The van der Waals surface area contributed by atoms with Crippen LogP contribution < -0.4 is 17.0 Å². The normalized spacial score (nSPS) is 9.64. The number of hydrogen-bond acceptors (Lipinski definition) is 3. The number of nitrogens with two attached hydrogens (primary N) is 2. The highest BCUT2D eigenvalue weighted by molar-refractivity contribution is 9.08. The molecule has 0 aliphatic rings. The van der Waals surface area contributed by atoms with Crippen LogP contribution in [-0.4, -0.2) is 0 Å². The first kappa shape index (κ1) is 8.36. The lowest BCUT2D eigenvalue weighted by Gasteiger charge is -2.06. The lowest BCUT2D eigenvalue weighted by Crippen LogP contribution is -2.08. The van der Waals surface area contributed by atoms with E-state index in [4.69, 9.17) is 11.6 Å². The highest BCUT2D eigenvalue weighted by Gasteiger charge is 1.98. The molecular weight excluding hydrogens is 206 g/mol. The average Bonchev–Trinajstić information content (AvgIpc) is 2.04. The Labute approximate surface area is 73.9 Å². The number of nitrogens with one attached hydrogen (secondary N) is 1. The summed E-state index contributed by atoms with van der Waals surface area (Å²) in [5.74, 6) is 5.26. The molecule has 0 spiro atoms. The predicted molar refractivity (Wildman–Crippen MR) is 51.3 cm³/mol. The van der Waals surface area contributed by atoms with Crippen LogP contribution in [0.5, 0.6) is 0 Å². The van der Waals surface area contributed by atoms with E-state index in [9.17, 15) is 0 Å². The molecule has 0 fully saturated rings. The molecule has 0 amide bonds. The lowest BCUT2D eigenvalue weighted by atomic mass is 10.2. The van der Waals surface area contributed by atoms with Crippen molar-refractivity contribution in [2.45, 2.75) is 5.33 Å². The van der Waals surface area contributed by atoms with Gasteiger partial charge in [-0.2, -0.15) is 0 Å². The minimum atomic E-state index is 0.748. The van der Waals surface area contributed by atoms with E-state index in [0.717, 1.165) is 22.3 Å². The van der Waals surface area contributed by atoms with Gasteiger partial charge in [0.2, 0.25) is 0 Å². The van der Waals surface area contributed by atoms with E-state index in [0.29, 0.717) is 0 Å². The Balaban J connectivity index is 3.06. The summed E-state index contributed by atoms with van der Waals surface area (Å²) in [5, 5.41) is 0.748. The van der Waals surface area contributed by atoms with Crippen molar-refractivity contribution in [1.82, 2.24) is 0 Å². The summed E-state index contributed by atoms with van der Waals surface area (Å²) >= 11 is 3.33. The Kier molecular flexibility index (Phi) is 2.73. The van der Waals surface area contributed by atoms with Crippen LogP contribution in [0.3, 0.4) is 0 Å². The maximum atomic E-state index is 5.57. The van der Waals surface area contributed by atoms with Gasteiger partial charge in [-0.25, -0.2) is 0 Å². The van der Waals surface area contributed by atoms with Crippen LogP contribution in [0.15, 0.2) is 18.2 Å². The third-order valence-corrected chi connectivity index (χ3v) is 2.03. The number of halogens is 1. The molecule has 1 aromatic rings. The minimum Gasteiger partial charge on any atom is -0.399 e. The molecule has 0 aromatic heterocycles. The molecule has 0 saturated carbocycles. The SMILES string of the molecule is NNc1ccc(N)cc1CBr. The molecule has 0 atom stereocenters. The number of rotatable bonds is 2. The monoisotopic (exact) mass is 215 g/mol. The average molecular weight is 216 g/mol. The van der Waals surface area contributed by atoms with E-state index in [-0.39, 0.29) is 0 Å². The molecule has 0 unspecified atom stereocenters. The van der Waals surface area contributed by atoms with E-state index in [1.54, 1.807) is 6.07 Å². The van der Waals surface area contributed by atoms with Gasteiger partial charge in [-0.1, -0.05) is 15.9 Å². The Morgan fingerprint density at radius 1 is 1.45 bits per heavy atom. The summed E-state index contributed by atoms with van der Waals surface area (Å²) in [6, 6.07) is 5.54. The highest BCUT2D eigenvalue weighted by Crippen LogP contribution is 2.19. The number of hydrogen-bond donors (Lipinski definition) is 3. The third-order valence-electron chi connectivity index (χ3n) is 1.43. The maximum absolute atomic E-state index is 5.57. The van der Waals surface area contributed by atoms with Crippen LogP contribution in [0, 0.1) is 0 Å². The summed E-state index contributed by atoms with van der Waals surface area (Å²) in [6.45, 7) is 0. The van der Waals surface area contributed by atoms with Crippen molar-refractivity contribution in [3.8, 4) is 0 Å². The van der Waals surface area contributed by atoms with Gasteiger partial charge in [-0.15, -0.1) is 0 Å². The highest BCUT2D eigenvalue weighted by atomic mass is 79.9. The fraction of sp³-hybridized carbons (Fsp3) is 0.143. The van der Waals surface area contributed by atoms with Crippen molar-refractivity contribution < 1.29 is 0 Å². The first-order chi connectivity index (χ1) is 5.27. The van der Waals surface area contributed by atoms with Crippen molar-refractivity contribution in [3.63, 3.8) is 0 Å². The summed E-state index contributed by atoms with van der Waals surface area (Å²) < 4.78 is 0. The summed E-state index contributed by atoms with van der Waals surface area (Å²) in [7, 11) is 0. The van der Waals surface area contributed by atoms with Gasteiger partial charge in [-0.05, 0) is 23.8 Å². The Morgan fingerprint density at radius 3 is 2.73 bits per heavy atom. The lowest BCUT2D eigenvalue weighted by molar-refractivity contribution is 1.30. The van der Waals surface area contributed by atoms with Gasteiger partial charge in [0.1, 0.15) is 0 Å². The van der Waals surface area contributed by atoms with E-state index in [1.807, 2.05) is 12.1 Å². The summed E-state index contributed by atoms with van der Waals surface area (Å²) in [6.07, 6.45) is 0. The fourth-order valence-electron chi connectivity index (χ4n) is 0.865. The van der Waals surface area contributed by atoms with Crippen molar-refractivity contribution in [2.75, 3.05) is 11.2 Å². The molecule has 60 valence electrons. The quantitative estimate of drug-likeness (QED) is 0.303. The van der Waals surface area contributed by atoms with Gasteiger partial charge >= 0.3 is 0 Å². The van der Waals surface area contributed by atoms with Crippen molar-refractivity contribution in [3.05, 3.63) is 23.8 Å². The maximum Gasteiger partial charge on any atom is 0.0527 e. The topological polar surface area (TPSA) is 64.1 Å². The predicted octanol–water partition coefficient (Wildman–Crippen LogP) is 1.45. The van der Waals surface area contributed by atoms with Gasteiger partial charge in [0.15, 0.2) is 0 Å². The Bertz CT molecular complexity index is 249. The molecule has 5 N–H and O–H groups in total. The Hall–Kier alpha value is -0.740. The van der Waals surface area contributed by atoms with Gasteiger partial charge in [0.05, 0.1) is 5.69 Å². The van der Waals surface area contributed by atoms with Crippen LogP contribution in [0.2, 0.25) is 0 Å². The number of benzene rings is 1. The zero-order chi connectivity index (χ0) is 8.27. The van der Waals surface area contributed by atoms with Crippen molar-refractivity contribution >= 4 is 27.3 Å². The molecule has 1 aromatic carbocycles. The molecule has 0 bridgehead atoms. The van der Waals surface area contributed by atoms with E-state index < -0.39 is 0 Å². The number of anilines is 2. The molecule has 0 aliphatic heterocycles. The van der Waals surface area contributed by atoms with Gasteiger partial charge in [0.25, 0.3) is 0 Å².